The number of H-pyrrole nitrogens is 1. The quantitative estimate of drug-likeness (QED) is 0.0117. The minimum Gasteiger partial charge on any atom is -0.474 e. The fourth-order valence-corrected chi connectivity index (χ4v) is 15.3. The van der Waals surface area contributed by atoms with Gasteiger partial charge in [-0.1, -0.05) is 56.4 Å². The van der Waals surface area contributed by atoms with Gasteiger partial charge in [-0.2, -0.15) is 4.98 Å². The average Bonchev–Trinajstić information content (AvgIpc) is 1.61. The van der Waals surface area contributed by atoms with Crippen LogP contribution in [0.2, 0.25) is 0 Å². The van der Waals surface area contributed by atoms with Gasteiger partial charge < -0.3 is 102 Å². The van der Waals surface area contributed by atoms with E-state index >= 15 is 0 Å². The van der Waals surface area contributed by atoms with Crippen LogP contribution in [-0.2, 0) is 124 Å². The van der Waals surface area contributed by atoms with Crippen molar-refractivity contribution in [1.29, 1.82) is 0 Å². The Kier molecular flexibility index (Phi) is 37.2. The molecule has 44 heteroatoms. The number of hydrogen-bond donors (Lipinski definition) is 9. The van der Waals surface area contributed by atoms with Crippen LogP contribution < -0.4 is 36.9 Å². The number of aromatic nitrogens is 6. The van der Waals surface area contributed by atoms with Gasteiger partial charge in [-0.3, -0.25) is 62.6 Å². The highest BCUT2D eigenvalue weighted by atomic mass is 32.7. The molecule has 642 valence electrons. The maximum Gasteiger partial charge on any atom is 0.410 e. The fourth-order valence-electron chi connectivity index (χ4n) is 12.3. The zero-order valence-electron chi connectivity index (χ0n) is 65.3. The van der Waals surface area contributed by atoms with Gasteiger partial charge in [-0.25, -0.2) is 24.3 Å². The Labute approximate surface area is 684 Å². The number of nitrogens with zero attached hydrogens (tertiary/aromatic N) is 7. The Morgan fingerprint density at radius 1 is 0.744 bits per heavy atom. The zero-order chi connectivity index (χ0) is 83.9. The minimum absolute atomic E-state index is 0.00320. The number of aliphatic hydroxyl groups excluding tert-OH is 1. The minimum atomic E-state index is -4.40. The van der Waals surface area contributed by atoms with Crippen LogP contribution in [0.15, 0.2) is 90.4 Å². The number of nitrogens with one attached hydrogen (secondary N) is 6. The molecule has 3 aliphatic heterocycles. The molecule has 2 bridgehead atoms. The SMILES string of the molecule is COCCOCCOCCOCCOCCOCCOCCOCCC(=O)N[C@@H](CCCCN1C(=O)C=CC1=O)C(=O)N[C@H](C(=O)N[C@@H](C)C(=O)Nc1ccc(COC(=O)N(C)Cc2ccccc2C(=O)Nc2nc3c(ncn3[C@@H]3O[C@@H]4COP(O)(=S)O[C@H]5C[C@H](Oc6ccncn6)C[C@@H]5COP(=O)(S)O[C@@H]3[C@@H]4O)c(=O)[nH]2)cc1)C(C)C. The number of fused-ring (bicyclic) bond motifs is 4. The van der Waals surface area contributed by atoms with E-state index in [0.717, 1.165) is 11.2 Å². The lowest BCUT2D eigenvalue weighted by Crippen LogP contribution is -2.57. The van der Waals surface area contributed by atoms with Crippen LogP contribution in [0.3, 0.4) is 0 Å². The van der Waals surface area contributed by atoms with Crippen molar-refractivity contribution in [2.24, 2.45) is 11.8 Å². The molecular formula is C73H101N13O27P2S2. The predicted octanol–water partition coefficient (Wildman–Crippen LogP) is 3.44. The maximum atomic E-state index is 14.1. The van der Waals surface area contributed by atoms with E-state index in [0.29, 0.717) is 109 Å². The van der Waals surface area contributed by atoms with Crippen LogP contribution in [-0.4, -0.2) is 278 Å². The van der Waals surface area contributed by atoms with Gasteiger partial charge in [0.1, 0.15) is 55.5 Å². The molecule has 2 unspecified atom stereocenters. The number of anilines is 2. The molecule has 2 aromatic carbocycles. The molecule has 117 heavy (non-hydrogen) atoms. The maximum absolute atomic E-state index is 14.1. The number of imide groups is 1. The van der Waals surface area contributed by atoms with Crippen LogP contribution >= 0.6 is 25.8 Å². The summed E-state index contributed by atoms with van der Waals surface area (Å²) in [6.07, 6.45) is -0.709. The Morgan fingerprint density at radius 2 is 1.38 bits per heavy atom. The summed E-state index contributed by atoms with van der Waals surface area (Å²) < 4.78 is 99.7. The molecule has 1 aliphatic carbocycles. The summed E-state index contributed by atoms with van der Waals surface area (Å²) in [7, 11) is 3.06. The second-order valence-electron chi connectivity index (χ2n) is 27.5. The van der Waals surface area contributed by atoms with Gasteiger partial charge in [-0.05, 0) is 79.7 Å². The lowest BCUT2D eigenvalue weighted by Gasteiger charge is -2.27. The Hall–Kier alpha value is -8.20. The Morgan fingerprint density at radius 3 is 2.02 bits per heavy atom. The largest absolute Gasteiger partial charge is 0.474 e. The highest BCUT2D eigenvalue weighted by molar-refractivity contribution is 8.44. The molecule has 4 aliphatic rings. The molecule has 8 amide bonds. The Bertz CT molecular complexity index is 4270. The number of unbranched alkanes of at least 4 members (excludes halogenated alkanes) is 1. The van der Waals surface area contributed by atoms with Crippen molar-refractivity contribution < 1.29 is 123 Å². The number of carbonyl (C=O) groups is 8. The van der Waals surface area contributed by atoms with Gasteiger partial charge >= 0.3 is 19.6 Å². The van der Waals surface area contributed by atoms with E-state index < -0.39 is 140 Å². The molecule has 3 fully saturated rings. The number of ether oxygens (including phenoxy) is 11. The number of rotatable bonds is 46. The first-order valence-corrected chi connectivity index (χ1v) is 43.2. The number of aliphatic hydroxyl groups is 1. The van der Waals surface area contributed by atoms with Gasteiger partial charge in [0.2, 0.25) is 35.5 Å². The van der Waals surface area contributed by atoms with E-state index in [2.05, 4.69) is 63.8 Å². The standard InChI is InChI=1S/C73H101N13O27P2S2/c1-46(2)61(80-68(93)54(12-8-9-22-85-59(88)17-18-60(85)89)79-57(87)20-23-100-26-27-102-30-31-104-34-35-106-37-36-105-33-32-103-29-28-101-25-24-99-5)69(94)77-47(3)66(91)78-51-15-13-48(14-16-51)41-107-73(96)84(4)40-49-10-6-7-11-53(49)67(92)82-72-81-65-62(70(95)83-72)76-45-86(65)71-64-63(90)56(111-71)43-109-114(97,116)112-55-39-52(110-58-19-21-74-44-75-58)38-50(55)42-108-115(98,117)113-64/h6-7,10-11,13-19,21,44-47,50,52,54-56,61,63-64,71,90H,8-9,12,20,22-43H2,1-5H3,(H,77,94)(H,78,91)(H,79,87)(H,80,93)(H,97,116)(H,98,117)(H2,81,82,83,92,95)/t47-,50+,52+,54-,55-,56+,61-,63+,64+,71+,114?,115?/m0/s1. The van der Waals surface area contributed by atoms with Gasteiger partial charge in [0.05, 0.1) is 125 Å². The van der Waals surface area contributed by atoms with Crippen molar-refractivity contribution in [3.05, 3.63) is 113 Å². The number of thiol groups is 1. The number of methoxy groups -OCH3 is 1. The molecule has 6 heterocycles. The smallest absolute Gasteiger partial charge is 0.410 e. The van der Waals surface area contributed by atoms with Crippen LogP contribution in [0.25, 0.3) is 11.2 Å². The third kappa shape index (κ3) is 29.6. The summed E-state index contributed by atoms with van der Waals surface area (Å²) in [5.41, 5.74) is 0.0295. The van der Waals surface area contributed by atoms with Crippen molar-refractivity contribution >= 4 is 108 Å². The van der Waals surface area contributed by atoms with Crippen molar-refractivity contribution in [2.75, 3.05) is 144 Å². The average molecular weight is 1720 g/mol. The monoisotopic (exact) mass is 1720 g/mol. The number of hydrogen-bond acceptors (Lipinski definition) is 31. The fraction of sp³-hybridized carbons (Fsp3) is 0.575. The summed E-state index contributed by atoms with van der Waals surface area (Å²) in [6.45, 7) is 0.814. The number of benzene rings is 2. The first-order valence-electron chi connectivity index (χ1n) is 37.9. The number of carbonyl (C=O) groups excluding carboxylic acids is 8. The molecule has 8 N–H and O–H groups in total. The first kappa shape index (κ1) is 92.7. The molecule has 0 spiro atoms. The lowest BCUT2D eigenvalue weighted by molar-refractivity contribution is -0.137. The molecule has 9 rings (SSSR count). The first-order chi connectivity index (χ1) is 56.2. The summed E-state index contributed by atoms with van der Waals surface area (Å²) in [5, 5.41) is 25.1. The van der Waals surface area contributed by atoms with Crippen LogP contribution in [0.1, 0.15) is 87.0 Å². The third-order valence-electron chi connectivity index (χ3n) is 18.4. The summed E-state index contributed by atoms with van der Waals surface area (Å²) in [4.78, 5) is 153. The Balaban J connectivity index is 0.699. The van der Waals surface area contributed by atoms with E-state index in [4.69, 9.17) is 82.0 Å². The lowest BCUT2D eigenvalue weighted by atomic mass is 10.0. The van der Waals surface area contributed by atoms with Crippen molar-refractivity contribution in [1.82, 2.24) is 55.2 Å². The van der Waals surface area contributed by atoms with E-state index in [1.165, 1.54) is 54.2 Å². The van der Waals surface area contributed by atoms with Gasteiger partial charge in [-0.15, -0.1) is 0 Å². The third-order valence-corrected chi connectivity index (χ3v) is 21.6. The van der Waals surface area contributed by atoms with Crippen LogP contribution in [0, 0.1) is 11.8 Å². The van der Waals surface area contributed by atoms with Crippen LogP contribution in [0.5, 0.6) is 5.88 Å². The van der Waals surface area contributed by atoms with E-state index in [1.54, 1.807) is 69.5 Å². The molecule has 40 nitrogen and oxygen atoms in total. The second-order valence-corrected chi connectivity index (χ2v) is 33.2. The van der Waals surface area contributed by atoms with Gasteiger partial charge in [0, 0.05) is 81.7 Å². The number of imidazole rings is 1. The molecule has 5 aromatic rings. The molecule has 3 aromatic heterocycles. The highest BCUT2D eigenvalue weighted by Crippen LogP contribution is 2.59. The van der Waals surface area contributed by atoms with Gasteiger partial charge in [0.15, 0.2) is 17.4 Å². The van der Waals surface area contributed by atoms with E-state index in [1.807, 2.05) is 0 Å². The molecule has 1 saturated carbocycles. The molecule has 0 radical (unpaired) electrons. The predicted molar refractivity (Wildman–Crippen MR) is 421 cm³/mol. The van der Waals surface area contributed by atoms with Gasteiger partial charge in [0.25, 0.3) is 23.3 Å². The van der Waals surface area contributed by atoms with Crippen molar-refractivity contribution in [3.8, 4) is 5.88 Å². The number of aromatic amines is 1. The normalized spacial score (nSPS) is 22.1. The zero-order valence-corrected chi connectivity index (χ0v) is 68.8. The van der Waals surface area contributed by atoms with E-state index in [-0.39, 0.29) is 100 Å². The van der Waals surface area contributed by atoms with Crippen molar-refractivity contribution in [2.45, 2.75) is 127 Å². The summed E-state index contributed by atoms with van der Waals surface area (Å²) in [6, 6.07) is 10.7. The molecule has 2 saturated heterocycles. The second kappa shape index (κ2) is 47.0. The molecular weight excluding hydrogens is 1620 g/mol. The van der Waals surface area contributed by atoms with E-state index in [9.17, 15) is 57.7 Å². The number of amides is 8. The topological polar surface area (TPSA) is 489 Å². The molecule has 12 atom stereocenters. The summed E-state index contributed by atoms with van der Waals surface area (Å²) >= 11 is 9.64. The van der Waals surface area contributed by atoms with Crippen molar-refractivity contribution in [3.63, 3.8) is 0 Å². The van der Waals surface area contributed by atoms with Crippen LogP contribution in [0.4, 0.5) is 16.4 Å². The summed E-state index contributed by atoms with van der Waals surface area (Å²) in [5.74, 6) is -5.32. The highest BCUT2D eigenvalue weighted by Gasteiger charge is 2.51.